The SMILES string of the molecule is NS(=O)(=O)c1ccc(NC(=O)COC(=O)Cc2ccc(Br)cc2)cc1. The van der Waals surface area contributed by atoms with Crippen LogP contribution < -0.4 is 10.5 Å². The number of benzene rings is 2. The summed E-state index contributed by atoms with van der Waals surface area (Å²) < 4.78 is 28.1. The third-order valence-electron chi connectivity index (χ3n) is 3.09. The number of ether oxygens (including phenoxy) is 1. The number of primary sulfonamides is 1. The van der Waals surface area contributed by atoms with Crippen LogP contribution in [0.4, 0.5) is 5.69 Å². The van der Waals surface area contributed by atoms with Crippen molar-refractivity contribution in [2.24, 2.45) is 5.14 Å². The van der Waals surface area contributed by atoms with E-state index in [1.54, 1.807) is 24.3 Å². The fraction of sp³-hybridized carbons (Fsp3) is 0.125. The molecule has 0 aliphatic carbocycles. The summed E-state index contributed by atoms with van der Waals surface area (Å²) >= 11 is 3.30. The zero-order chi connectivity index (χ0) is 18.4. The molecule has 7 nitrogen and oxygen atoms in total. The van der Waals surface area contributed by atoms with E-state index < -0.39 is 28.5 Å². The molecule has 2 aromatic rings. The molecule has 0 saturated heterocycles. The Labute approximate surface area is 153 Å². The molecule has 0 aliphatic heterocycles. The number of rotatable bonds is 6. The zero-order valence-electron chi connectivity index (χ0n) is 12.9. The number of anilines is 1. The number of sulfonamides is 1. The van der Waals surface area contributed by atoms with Gasteiger partial charge in [-0.2, -0.15) is 0 Å². The van der Waals surface area contributed by atoms with Crippen molar-refractivity contribution in [3.63, 3.8) is 0 Å². The molecule has 0 saturated carbocycles. The standard InChI is InChI=1S/C16H15BrN2O5S/c17-12-3-1-11(2-4-12)9-16(21)24-10-15(20)19-13-5-7-14(8-6-13)25(18,22)23/h1-8H,9-10H2,(H,19,20)(H2,18,22,23). The minimum absolute atomic E-state index is 0.0591. The molecule has 0 unspecified atom stereocenters. The van der Waals surface area contributed by atoms with Crippen molar-refractivity contribution in [1.29, 1.82) is 0 Å². The number of carbonyl (C=O) groups is 2. The molecule has 0 aliphatic rings. The van der Waals surface area contributed by atoms with Gasteiger partial charge in [-0.05, 0) is 42.0 Å². The van der Waals surface area contributed by atoms with E-state index in [4.69, 9.17) is 9.88 Å². The Kier molecular flexibility index (Phi) is 6.29. The lowest BCUT2D eigenvalue weighted by Crippen LogP contribution is -2.21. The van der Waals surface area contributed by atoms with Gasteiger partial charge in [-0.1, -0.05) is 28.1 Å². The van der Waals surface area contributed by atoms with Gasteiger partial charge in [-0.3, -0.25) is 9.59 Å². The van der Waals surface area contributed by atoms with E-state index in [-0.39, 0.29) is 11.3 Å². The molecular formula is C16H15BrN2O5S. The smallest absolute Gasteiger partial charge is 0.310 e. The van der Waals surface area contributed by atoms with Crippen LogP contribution >= 0.6 is 15.9 Å². The molecule has 9 heteroatoms. The normalized spacial score (nSPS) is 11.0. The minimum atomic E-state index is -3.79. The summed E-state index contributed by atoms with van der Waals surface area (Å²) in [5.41, 5.74) is 1.13. The summed E-state index contributed by atoms with van der Waals surface area (Å²) in [5, 5.41) is 7.47. The van der Waals surface area contributed by atoms with Crippen molar-refractivity contribution >= 4 is 43.5 Å². The van der Waals surface area contributed by atoms with Crippen LogP contribution in [0.1, 0.15) is 5.56 Å². The molecule has 2 aromatic carbocycles. The number of halogens is 1. The molecule has 0 aromatic heterocycles. The average molecular weight is 427 g/mol. The highest BCUT2D eigenvalue weighted by atomic mass is 79.9. The lowest BCUT2D eigenvalue weighted by Gasteiger charge is -2.07. The monoisotopic (exact) mass is 426 g/mol. The third kappa shape index (κ3) is 6.29. The highest BCUT2D eigenvalue weighted by molar-refractivity contribution is 9.10. The van der Waals surface area contributed by atoms with Gasteiger partial charge >= 0.3 is 5.97 Å². The van der Waals surface area contributed by atoms with Crippen LogP contribution in [0.3, 0.4) is 0 Å². The second-order valence-corrected chi connectivity index (χ2v) is 7.56. The molecule has 3 N–H and O–H groups in total. The molecule has 0 fully saturated rings. The maximum absolute atomic E-state index is 11.8. The fourth-order valence-corrected chi connectivity index (χ4v) is 2.67. The maximum atomic E-state index is 11.8. The summed E-state index contributed by atoms with van der Waals surface area (Å²) in [6, 6.07) is 12.5. The van der Waals surface area contributed by atoms with E-state index >= 15 is 0 Å². The van der Waals surface area contributed by atoms with Crippen LogP contribution in [0.5, 0.6) is 0 Å². The number of nitrogens with one attached hydrogen (secondary N) is 1. The molecular weight excluding hydrogens is 412 g/mol. The summed E-state index contributed by atoms with van der Waals surface area (Å²) in [6.07, 6.45) is 0.0591. The Morgan fingerprint density at radius 1 is 1.04 bits per heavy atom. The maximum Gasteiger partial charge on any atom is 0.310 e. The van der Waals surface area contributed by atoms with E-state index in [0.29, 0.717) is 5.69 Å². The lowest BCUT2D eigenvalue weighted by molar-refractivity contribution is -0.146. The number of carbonyl (C=O) groups excluding carboxylic acids is 2. The predicted octanol–water partition coefficient (Wildman–Crippen LogP) is 1.82. The Balaban J connectivity index is 1.82. The molecule has 0 heterocycles. The molecule has 25 heavy (non-hydrogen) atoms. The summed E-state index contributed by atoms with van der Waals surface area (Å²) in [7, 11) is -3.79. The first-order valence-corrected chi connectivity index (χ1v) is 9.41. The molecule has 0 atom stereocenters. The van der Waals surface area contributed by atoms with Gasteiger partial charge in [0.25, 0.3) is 5.91 Å². The van der Waals surface area contributed by atoms with E-state index in [2.05, 4.69) is 21.2 Å². The van der Waals surface area contributed by atoms with Crippen molar-refractivity contribution in [1.82, 2.24) is 0 Å². The van der Waals surface area contributed by atoms with Gasteiger partial charge in [0.15, 0.2) is 6.61 Å². The first-order chi connectivity index (χ1) is 11.7. The number of nitrogens with two attached hydrogens (primary N) is 1. The van der Waals surface area contributed by atoms with Gasteiger partial charge < -0.3 is 10.1 Å². The zero-order valence-corrected chi connectivity index (χ0v) is 15.3. The van der Waals surface area contributed by atoms with E-state index in [1.807, 2.05) is 0 Å². The quantitative estimate of drug-likeness (QED) is 0.683. The Bertz CT molecular complexity index is 864. The second kappa shape index (κ2) is 8.24. The van der Waals surface area contributed by atoms with Crippen LogP contribution in [0.2, 0.25) is 0 Å². The van der Waals surface area contributed by atoms with Crippen LogP contribution in [-0.4, -0.2) is 26.9 Å². The van der Waals surface area contributed by atoms with E-state index in [1.165, 1.54) is 24.3 Å². The van der Waals surface area contributed by atoms with Gasteiger partial charge in [-0.15, -0.1) is 0 Å². The van der Waals surface area contributed by atoms with Gasteiger partial charge in [0.05, 0.1) is 11.3 Å². The average Bonchev–Trinajstić information content (AvgIpc) is 2.55. The Morgan fingerprint density at radius 2 is 1.64 bits per heavy atom. The highest BCUT2D eigenvalue weighted by Gasteiger charge is 2.10. The Hall–Kier alpha value is -2.23. The molecule has 132 valence electrons. The largest absolute Gasteiger partial charge is 0.455 e. The van der Waals surface area contributed by atoms with Crippen molar-refractivity contribution in [2.75, 3.05) is 11.9 Å². The first-order valence-electron chi connectivity index (χ1n) is 7.07. The second-order valence-electron chi connectivity index (χ2n) is 5.08. The lowest BCUT2D eigenvalue weighted by atomic mass is 10.2. The number of esters is 1. The van der Waals surface area contributed by atoms with Crippen LogP contribution in [0.15, 0.2) is 57.9 Å². The van der Waals surface area contributed by atoms with Crippen molar-refractivity contribution in [3.05, 3.63) is 58.6 Å². The van der Waals surface area contributed by atoms with Gasteiger partial charge in [0, 0.05) is 10.2 Å². The van der Waals surface area contributed by atoms with Crippen LogP contribution in [0, 0.1) is 0 Å². The molecule has 2 rings (SSSR count). The van der Waals surface area contributed by atoms with Gasteiger partial charge in [0.2, 0.25) is 10.0 Å². The van der Waals surface area contributed by atoms with Crippen molar-refractivity contribution in [3.8, 4) is 0 Å². The van der Waals surface area contributed by atoms with Crippen molar-refractivity contribution in [2.45, 2.75) is 11.3 Å². The van der Waals surface area contributed by atoms with E-state index in [0.717, 1.165) is 10.0 Å². The Morgan fingerprint density at radius 3 is 2.20 bits per heavy atom. The minimum Gasteiger partial charge on any atom is -0.455 e. The first kappa shape index (κ1) is 19.1. The van der Waals surface area contributed by atoms with Crippen molar-refractivity contribution < 1.29 is 22.7 Å². The predicted molar refractivity (Wildman–Crippen MR) is 95.2 cm³/mol. The summed E-state index contributed by atoms with van der Waals surface area (Å²) in [4.78, 5) is 23.4. The van der Waals surface area contributed by atoms with E-state index in [9.17, 15) is 18.0 Å². The molecule has 0 spiro atoms. The topological polar surface area (TPSA) is 116 Å². The fourth-order valence-electron chi connectivity index (χ4n) is 1.89. The van der Waals surface area contributed by atoms with Crippen LogP contribution in [-0.2, 0) is 30.8 Å². The number of amides is 1. The van der Waals surface area contributed by atoms with Gasteiger partial charge in [0.1, 0.15) is 0 Å². The molecule has 0 bridgehead atoms. The summed E-state index contributed by atoms with van der Waals surface area (Å²) in [5.74, 6) is -1.06. The summed E-state index contributed by atoms with van der Waals surface area (Å²) in [6.45, 7) is -0.438. The highest BCUT2D eigenvalue weighted by Crippen LogP contribution is 2.13. The number of hydrogen-bond acceptors (Lipinski definition) is 5. The third-order valence-corrected chi connectivity index (χ3v) is 4.55. The van der Waals surface area contributed by atoms with Crippen LogP contribution in [0.25, 0.3) is 0 Å². The van der Waals surface area contributed by atoms with Gasteiger partial charge in [-0.25, -0.2) is 13.6 Å². The molecule has 1 amide bonds. The molecule has 0 radical (unpaired) electrons. The number of hydrogen-bond donors (Lipinski definition) is 2.